The van der Waals surface area contributed by atoms with E-state index in [0.29, 0.717) is 42.0 Å². The molecule has 0 unspecified atom stereocenters. The SMILES string of the molecule is CN(C)CCCC(=O)CC1CCC(Nc2cc(NC3CC3)c3ncc(C(=O)Nc4ccncc4F)n3n2)CC1. The standard InChI is InChI=1S/C28H37FN8O2/c1-36(2)13-3-4-21(38)14-18-5-7-20(8-6-18)33-26-15-24(32-19-9-10-19)27-31-17-25(37(27)35-26)28(39)34-23-11-12-30-16-22(23)29/h11-12,15-20,32H,3-10,13-14H2,1-2H3,(H,33,35)(H,30,34,39). The van der Waals surface area contributed by atoms with Crippen molar-refractivity contribution in [3.05, 3.63) is 42.2 Å². The van der Waals surface area contributed by atoms with Gasteiger partial charge in [0.2, 0.25) is 0 Å². The zero-order chi connectivity index (χ0) is 27.4. The third kappa shape index (κ3) is 7.08. The number of hydrogen-bond acceptors (Lipinski definition) is 8. The number of carbonyl (C=O) groups excluding carboxylic acids is 2. The number of nitrogens with one attached hydrogen (secondary N) is 3. The van der Waals surface area contributed by atoms with Gasteiger partial charge in [-0.3, -0.25) is 14.6 Å². The topological polar surface area (TPSA) is 117 Å². The quantitative estimate of drug-likeness (QED) is 0.313. The molecule has 2 aliphatic rings. The number of halogens is 1. The molecule has 0 atom stereocenters. The predicted octanol–water partition coefficient (Wildman–Crippen LogP) is 4.36. The minimum Gasteiger partial charge on any atom is -0.379 e. The molecule has 2 fully saturated rings. The fraction of sp³-hybridized carbons (Fsp3) is 0.536. The minimum absolute atomic E-state index is 0.0449. The number of ketones is 1. The molecule has 0 spiro atoms. The molecule has 39 heavy (non-hydrogen) atoms. The van der Waals surface area contributed by atoms with E-state index in [2.05, 4.69) is 30.8 Å². The Morgan fingerprint density at radius 3 is 2.51 bits per heavy atom. The van der Waals surface area contributed by atoms with Crippen molar-refractivity contribution in [3.63, 3.8) is 0 Å². The van der Waals surface area contributed by atoms with Crippen molar-refractivity contribution in [2.24, 2.45) is 5.92 Å². The van der Waals surface area contributed by atoms with E-state index < -0.39 is 11.7 Å². The summed E-state index contributed by atoms with van der Waals surface area (Å²) in [5.41, 5.74) is 1.61. The van der Waals surface area contributed by atoms with Crippen molar-refractivity contribution in [1.82, 2.24) is 24.5 Å². The maximum Gasteiger partial charge on any atom is 0.276 e. The summed E-state index contributed by atoms with van der Waals surface area (Å²) in [6, 6.07) is 3.97. The first-order valence-corrected chi connectivity index (χ1v) is 13.8. The molecule has 0 saturated heterocycles. The summed E-state index contributed by atoms with van der Waals surface area (Å²) < 4.78 is 15.6. The Kier molecular flexibility index (Phi) is 8.35. The van der Waals surface area contributed by atoms with Crippen LogP contribution in [0.5, 0.6) is 0 Å². The van der Waals surface area contributed by atoms with Crippen LogP contribution >= 0.6 is 0 Å². The molecule has 0 aromatic carbocycles. The predicted molar refractivity (Wildman–Crippen MR) is 149 cm³/mol. The summed E-state index contributed by atoms with van der Waals surface area (Å²) in [4.78, 5) is 35.7. The van der Waals surface area contributed by atoms with Crippen molar-refractivity contribution in [3.8, 4) is 0 Å². The third-order valence-corrected chi connectivity index (χ3v) is 7.43. The molecule has 0 bridgehead atoms. The molecule has 2 saturated carbocycles. The van der Waals surface area contributed by atoms with Crippen LogP contribution in [0.3, 0.4) is 0 Å². The molecule has 1 amide bonds. The highest BCUT2D eigenvalue weighted by molar-refractivity contribution is 6.03. The van der Waals surface area contributed by atoms with E-state index in [1.54, 1.807) is 0 Å². The number of amides is 1. The first-order chi connectivity index (χ1) is 18.9. The Labute approximate surface area is 227 Å². The normalized spacial score (nSPS) is 19.3. The largest absolute Gasteiger partial charge is 0.379 e. The zero-order valence-electron chi connectivity index (χ0n) is 22.6. The van der Waals surface area contributed by atoms with Gasteiger partial charge >= 0.3 is 0 Å². The Balaban J connectivity index is 1.25. The molecule has 3 aromatic rings. The first kappa shape index (κ1) is 27.0. The molecule has 0 aliphatic heterocycles. The highest BCUT2D eigenvalue weighted by Crippen LogP contribution is 2.32. The second kappa shape index (κ2) is 12.1. The summed E-state index contributed by atoms with van der Waals surface area (Å²) in [6.45, 7) is 0.943. The van der Waals surface area contributed by atoms with E-state index in [0.717, 1.165) is 63.4 Å². The lowest BCUT2D eigenvalue weighted by atomic mass is 9.82. The van der Waals surface area contributed by atoms with Gasteiger partial charge in [-0.1, -0.05) is 0 Å². The summed E-state index contributed by atoms with van der Waals surface area (Å²) >= 11 is 0. The van der Waals surface area contributed by atoms with E-state index in [1.165, 1.54) is 23.0 Å². The van der Waals surface area contributed by atoms with Gasteiger partial charge in [-0.25, -0.2) is 13.9 Å². The number of nitrogens with zero attached hydrogens (tertiary/aromatic N) is 5. The lowest BCUT2D eigenvalue weighted by Crippen LogP contribution is -2.28. The number of anilines is 3. The third-order valence-electron chi connectivity index (χ3n) is 7.43. The van der Waals surface area contributed by atoms with Crippen LogP contribution in [0.1, 0.15) is 68.3 Å². The lowest BCUT2D eigenvalue weighted by Gasteiger charge is -2.29. The second-order valence-electron chi connectivity index (χ2n) is 11.1. The van der Waals surface area contributed by atoms with Crippen LogP contribution in [-0.2, 0) is 4.79 Å². The smallest absolute Gasteiger partial charge is 0.276 e. The van der Waals surface area contributed by atoms with Gasteiger partial charge in [0, 0.05) is 37.2 Å². The Hall–Kier alpha value is -3.60. The van der Waals surface area contributed by atoms with Crippen molar-refractivity contribution < 1.29 is 14.0 Å². The van der Waals surface area contributed by atoms with Gasteiger partial charge in [-0.2, -0.15) is 0 Å². The van der Waals surface area contributed by atoms with E-state index in [4.69, 9.17) is 5.10 Å². The van der Waals surface area contributed by atoms with Crippen LogP contribution in [0.2, 0.25) is 0 Å². The molecule has 2 aliphatic carbocycles. The van der Waals surface area contributed by atoms with Gasteiger partial charge < -0.3 is 20.9 Å². The summed E-state index contributed by atoms with van der Waals surface area (Å²) in [5.74, 6) is 0.335. The van der Waals surface area contributed by atoms with Crippen molar-refractivity contribution in [1.29, 1.82) is 0 Å². The van der Waals surface area contributed by atoms with Crippen LogP contribution in [0.4, 0.5) is 21.6 Å². The monoisotopic (exact) mass is 536 g/mol. The Bertz CT molecular complexity index is 1310. The molecule has 0 radical (unpaired) electrons. The average Bonchev–Trinajstić information content (AvgIpc) is 3.61. The van der Waals surface area contributed by atoms with E-state index in [1.807, 2.05) is 20.2 Å². The van der Waals surface area contributed by atoms with Crippen LogP contribution in [0.15, 0.2) is 30.7 Å². The summed E-state index contributed by atoms with van der Waals surface area (Å²) in [6.07, 6.45) is 12.3. The number of Topliss-reactive ketones (excluding diaryl/α,β-unsaturated/α-hetero) is 1. The van der Waals surface area contributed by atoms with Crippen LogP contribution in [0.25, 0.3) is 5.65 Å². The highest BCUT2D eigenvalue weighted by Gasteiger charge is 2.26. The lowest BCUT2D eigenvalue weighted by molar-refractivity contribution is -0.120. The van der Waals surface area contributed by atoms with Crippen molar-refractivity contribution >= 4 is 34.5 Å². The van der Waals surface area contributed by atoms with Gasteiger partial charge in [0.15, 0.2) is 17.2 Å². The molecule has 11 heteroatoms. The fourth-order valence-electron chi connectivity index (χ4n) is 5.15. The average molecular weight is 537 g/mol. The number of pyridine rings is 1. The van der Waals surface area contributed by atoms with Crippen molar-refractivity contribution in [2.45, 2.75) is 69.9 Å². The summed E-state index contributed by atoms with van der Waals surface area (Å²) in [7, 11) is 4.06. The van der Waals surface area contributed by atoms with Gasteiger partial charge in [0.05, 0.1) is 23.8 Å². The van der Waals surface area contributed by atoms with Crippen LogP contribution < -0.4 is 16.0 Å². The van der Waals surface area contributed by atoms with Gasteiger partial charge in [-0.05, 0) is 77.6 Å². The first-order valence-electron chi connectivity index (χ1n) is 13.8. The zero-order valence-corrected chi connectivity index (χ0v) is 22.6. The molecule has 3 N–H and O–H groups in total. The van der Waals surface area contributed by atoms with Gasteiger partial charge in [-0.15, -0.1) is 5.10 Å². The van der Waals surface area contributed by atoms with E-state index in [9.17, 15) is 14.0 Å². The van der Waals surface area contributed by atoms with Gasteiger partial charge in [0.25, 0.3) is 5.91 Å². The minimum atomic E-state index is -0.614. The molecule has 208 valence electrons. The Morgan fingerprint density at radius 1 is 1.05 bits per heavy atom. The second-order valence-corrected chi connectivity index (χ2v) is 11.1. The van der Waals surface area contributed by atoms with Gasteiger partial charge in [0.1, 0.15) is 11.6 Å². The number of aromatic nitrogens is 4. The summed E-state index contributed by atoms with van der Waals surface area (Å²) in [5, 5.41) is 14.3. The maximum absolute atomic E-state index is 14.1. The number of fused-ring (bicyclic) bond motifs is 1. The molecule has 5 rings (SSSR count). The molecule has 10 nitrogen and oxygen atoms in total. The maximum atomic E-state index is 14.1. The Morgan fingerprint density at radius 2 is 1.79 bits per heavy atom. The molecule has 3 heterocycles. The van der Waals surface area contributed by atoms with Crippen LogP contribution in [0, 0.1) is 11.7 Å². The number of rotatable bonds is 12. The highest BCUT2D eigenvalue weighted by atomic mass is 19.1. The number of carbonyl (C=O) groups is 2. The van der Waals surface area contributed by atoms with E-state index in [-0.39, 0.29) is 17.4 Å². The number of imidazole rings is 1. The van der Waals surface area contributed by atoms with Crippen molar-refractivity contribution in [2.75, 3.05) is 36.6 Å². The molecule has 3 aromatic heterocycles. The molecular formula is C28H37FN8O2. The number of hydrogen-bond donors (Lipinski definition) is 3. The van der Waals surface area contributed by atoms with Crippen LogP contribution in [-0.4, -0.2) is 68.9 Å². The fourth-order valence-corrected chi connectivity index (χ4v) is 5.15. The molecular weight excluding hydrogens is 499 g/mol. The van der Waals surface area contributed by atoms with E-state index >= 15 is 0 Å².